The van der Waals surface area contributed by atoms with Crippen molar-refractivity contribution in [3.8, 4) is 0 Å². The molecule has 1 saturated heterocycles. The molecule has 3 aliphatic rings. The van der Waals surface area contributed by atoms with Crippen LogP contribution in [0.3, 0.4) is 0 Å². The molecule has 4 unspecified atom stereocenters. The van der Waals surface area contributed by atoms with Gasteiger partial charge >= 0.3 is 0 Å². The van der Waals surface area contributed by atoms with E-state index in [0.717, 1.165) is 0 Å². The number of rotatable bonds is 2. The predicted octanol–water partition coefficient (Wildman–Crippen LogP) is 0.117. The molecule has 1 fully saturated rings. The van der Waals surface area contributed by atoms with Gasteiger partial charge in [-0.05, 0) is 0 Å². The van der Waals surface area contributed by atoms with Crippen molar-refractivity contribution in [2.24, 2.45) is 0 Å². The lowest BCUT2D eigenvalue weighted by atomic mass is 9.91. The molecule has 2 heterocycles. The van der Waals surface area contributed by atoms with Crippen LogP contribution >= 0.6 is 0 Å². The maximum absolute atomic E-state index is 11.3. The molecule has 1 aliphatic carbocycles. The first-order valence-corrected chi connectivity index (χ1v) is 4.89. The average molecular weight is 213 g/mol. The zero-order valence-electron chi connectivity index (χ0n) is 9.04. The summed E-state index contributed by atoms with van der Waals surface area (Å²) in [5, 5.41) is 1.36. The van der Waals surface area contributed by atoms with Crippen molar-refractivity contribution in [1.82, 2.24) is 5.06 Å². The largest absolute Gasteiger partial charge is 0.376 e. The number of methoxy groups -OCH3 is 2. The summed E-state index contributed by atoms with van der Waals surface area (Å²) in [6.07, 6.45) is 3.28. The molecule has 0 radical (unpaired) electrons. The molecule has 0 N–H and O–H groups in total. The van der Waals surface area contributed by atoms with Crippen LogP contribution in [0.4, 0.5) is 0 Å². The van der Waals surface area contributed by atoms with E-state index in [2.05, 4.69) is 0 Å². The Balaban J connectivity index is 2.25. The van der Waals surface area contributed by atoms with Gasteiger partial charge in [-0.25, -0.2) is 5.06 Å². The van der Waals surface area contributed by atoms with Crippen molar-refractivity contribution in [2.75, 3.05) is 14.2 Å². The lowest BCUT2D eigenvalue weighted by Crippen LogP contribution is -2.63. The lowest BCUT2D eigenvalue weighted by Gasteiger charge is -2.48. The number of carbonyl (C=O) groups is 1. The molecular formula is C10H15NO4. The summed E-state index contributed by atoms with van der Waals surface area (Å²) < 4.78 is 10.7. The first-order valence-electron chi connectivity index (χ1n) is 4.89. The van der Waals surface area contributed by atoms with E-state index >= 15 is 0 Å². The topological polar surface area (TPSA) is 48.0 Å². The molecule has 2 bridgehead atoms. The van der Waals surface area contributed by atoms with Gasteiger partial charge in [-0.3, -0.25) is 9.63 Å². The molecule has 1 amide bonds. The summed E-state index contributed by atoms with van der Waals surface area (Å²) in [7, 11) is 3.23. The smallest absolute Gasteiger partial charge is 0.243 e. The van der Waals surface area contributed by atoms with Gasteiger partial charge in [0.1, 0.15) is 24.4 Å². The highest BCUT2D eigenvalue weighted by Gasteiger charge is 2.48. The van der Waals surface area contributed by atoms with Gasteiger partial charge in [0.2, 0.25) is 5.91 Å². The summed E-state index contributed by atoms with van der Waals surface area (Å²) in [6.45, 7) is 1.48. The number of ether oxygens (including phenoxy) is 2. The highest BCUT2D eigenvalue weighted by molar-refractivity contribution is 5.73. The Morgan fingerprint density at radius 1 is 1.27 bits per heavy atom. The number of nitrogens with zero attached hydrogens (tertiary/aromatic N) is 1. The SMILES string of the molecule is COC1C2C=CC(C1OC)N(C(C)=O)O2. The molecular weight excluding hydrogens is 198 g/mol. The van der Waals surface area contributed by atoms with Gasteiger partial charge in [-0.2, -0.15) is 0 Å². The van der Waals surface area contributed by atoms with Crippen LogP contribution in [0.15, 0.2) is 12.2 Å². The Kier molecular flexibility index (Phi) is 2.77. The second-order valence-corrected chi connectivity index (χ2v) is 3.69. The van der Waals surface area contributed by atoms with Crippen molar-refractivity contribution in [2.45, 2.75) is 31.3 Å². The summed E-state index contributed by atoms with van der Waals surface area (Å²) in [4.78, 5) is 16.8. The molecule has 0 spiro atoms. The van der Waals surface area contributed by atoms with Crippen LogP contribution in [0.1, 0.15) is 6.92 Å². The molecule has 0 aromatic rings. The van der Waals surface area contributed by atoms with E-state index in [0.29, 0.717) is 0 Å². The Morgan fingerprint density at radius 2 is 1.93 bits per heavy atom. The molecule has 0 saturated carbocycles. The number of hydroxylamine groups is 2. The maximum Gasteiger partial charge on any atom is 0.243 e. The third-order valence-electron chi connectivity index (χ3n) is 2.84. The molecule has 0 aromatic carbocycles. The van der Waals surface area contributed by atoms with Crippen LogP contribution in [-0.2, 0) is 19.1 Å². The summed E-state index contributed by atoms with van der Waals surface area (Å²) in [5.74, 6) is -0.119. The highest BCUT2D eigenvalue weighted by Crippen LogP contribution is 2.31. The Hall–Kier alpha value is -0.910. The number of fused-ring (bicyclic) bond motifs is 2. The van der Waals surface area contributed by atoms with Gasteiger partial charge in [0.05, 0.1) is 0 Å². The van der Waals surface area contributed by atoms with Gasteiger partial charge in [-0.1, -0.05) is 12.2 Å². The minimum Gasteiger partial charge on any atom is -0.376 e. The Labute approximate surface area is 88.5 Å². The highest BCUT2D eigenvalue weighted by atomic mass is 16.7. The van der Waals surface area contributed by atoms with E-state index in [1.54, 1.807) is 14.2 Å². The summed E-state index contributed by atoms with van der Waals surface area (Å²) in [6, 6.07) is -0.192. The second kappa shape index (κ2) is 3.92. The van der Waals surface area contributed by atoms with Gasteiger partial charge in [0.15, 0.2) is 0 Å². The molecule has 2 aliphatic heterocycles. The summed E-state index contributed by atoms with van der Waals surface area (Å²) in [5.41, 5.74) is 0. The van der Waals surface area contributed by atoms with Crippen molar-refractivity contribution in [1.29, 1.82) is 0 Å². The van der Waals surface area contributed by atoms with Gasteiger partial charge in [0, 0.05) is 21.1 Å². The zero-order chi connectivity index (χ0) is 11.0. The van der Waals surface area contributed by atoms with E-state index < -0.39 is 0 Å². The molecule has 5 heteroatoms. The normalized spacial score (nSPS) is 38.5. The van der Waals surface area contributed by atoms with Crippen molar-refractivity contribution in [3.05, 3.63) is 12.2 Å². The quantitative estimate of drug-likeness (QED) is 0.611. The van der Waals surface area contributed by atoms with E-state index in [1.165, 1.54) is 12.0 Å². The third kappa shape index (κ3) is 1.56. The van der Waals surface area contributed by atoms with Crippen LogP contribution in [0, 0.1) is 0 Å². The number of carbonyl (C=O) groups excluding carboxylic acids is 1. The standard InChI is InChI=1S/C10H15NO4/c1-6(12)11-7-4-5-8(15-11)10(14-3)9(7)13-2/h4-5,7-10H,1-3H3. The van der Waals surface area contributed by atoms with Gasteiger partial charge < -0.3 is 9.47 Å². The van der Waals surface area contributed by atoms with Crippen molar-refractivity contribution >= 4 is 5.91 Å². The van der Waals surface area contributed by atoms with Crippen LogP contribution in [0.25, 0.3) is 0 Å². The first kappa shape index (κ1) is 10.6. The minimum absolute atomic E-state index is 0.119. The lowest BCUT2D eigenvalue weighted by molar-refractivity contribution is -0.286. The minimum atomic E-state index is -0.242. The molecule has 3 rings (SSSR count). The molecule has 5 nitrogen and oxygen atoms in total. The third-order valence-corrected chi connectivity index (χ3v) is 2.84. The van der Waals surface area contributed by atoms with E-state index in [-0.39, 0.29) is 30.3 Å². The van der Waals surface area contributed by atoms with Gasteiger partial charge in [0.25, 0.3) is 0 Å². The van der Waals surface area contributed by atoms with E-state index in [4.69, 9.17) is 14.3 Å². The second-order valence-electron chi connectivity index (χ2n) is 3.69. The molecule has 4 atom stereocenters. The predicted molar refractivity (Wildman–Crippen MR) is 51.9 cm³/mol. The first-order chi connectivity index (χ1) is 7.19. The van der Waals surface area contributed by atoms with E-state index in [9.17, 15) is 4.79 Å². The van der Waals surface area contributed by atoms with Crippen LogP contribution in [-0.4, -0.2) is 49.5 Å². The fraction of sp³-hybridized carbons (Fsp3) is 0.700. The molecule has 84 valence electrons. The van der Waals surface area contributed by atoms with Crippen molar-refractivity contribution < 1.29 is 19.1 Å². The zero-order valence-corrected chi connectivity index (χ0v) is 9.04. The summed E-state index contributed by atoms with van der Waals surface area (Å²) >= 11 is 0. The fourth-order valence-corrected chi connectivity index (χ4v) is 2.16. The van der Waals surface area contributed by atoms with E-state index in [1.807, 2.05) is 12.2 Å². The Morgan fingerprint density at radius 3 is 2.47 bits per heavy atom. The average Bonchev–Trinajstić information content (AvgIpc) is 2.27. The molecule has 15 heavy (non-hydrogen) atoms. The fourth-order valence-electron chi connectivity index (χ4n) is 2.16. The number of hydrogen-bond donors (Lipinski definition) is 0. The van der Waals surface area contributed by atoms with Crippen molar-refractivity contribution in [3.63, 3.8) is 0 Å². The maximum atomic E-state index is 11.3. The van der Waals surface area contributed by atoms with Crippen LogP contribution in [0.5, 0.6) is 0 Å². The molecule has 0 aromatic heterocycles. The van der Waals surface area contributed by atoms with Crippen LogP contribution in [0.2, 0.25) is 0 Å². The Bertz CT molecular complexity index is 291. The monoisotopic (exact) mass is 213 g/mol. The number of hydrogen-bond acceptors (Lipinski definition) is 4. The number of amides is 1. The van der Waals surface area contributed by atoms with Gasteiger partial charge in [-0.15, -0.1) is 0 Å². The van der Waals surface area contributed by atoms with Crippen LogP contribution < -0.4 is 0 Å².